The number of aliphatic hydroxyl groups excluding tert-OH is 1. The first-order valence-electron chi connectivity index (χ1n) is 7.11. The highest BCUT2D eigenvalue weighted by Gasteiger charge is 2.27. The quantitative estimate of drug-likeness (QED) is 0.795. The fourth-order valence-electron chi connectivity index (χ4n) is 2.29. The van der Waals surface area contributed by atoms with Gasteiger partial charge in [0.25, 0.3) is 0 Å². The molecule has 0 heterocycles. The van der Waals surface area contributed by atoms with Crippen LogP contribution in [0.2, 0.25) is 0 Å². The molecule has 0 aliphatic rings. The molecule has 0 radical (unpaired) electrons. The monoisotopic (exact) mass is 331 g/mol. The Bertz CT molecular complexity index is 558. The van der Waals surface area contributed by atoms with E-state index in [1.54, 1.807) is 37.0 Å². The van der Waals surface area contributed by atoms with Gasteiger partial charge in [-0.2, -0.15) is 16.1 Å². The summed E-state index contributed by atoms with van der Waals surface area (Å²) < 4.78 is 26.9. The zero-order chi connectivity index (χ0) is 16.0. The van der Waals surface area contributed by atoms with Crippen LogP contribution in [-0.4, -0.2) is 42.9 Å². The minimum Gasteiger partial charge on any atom is -0.392 e. The molecule has 0 saturated carbocycles. The van der Waals surface area contributed by atoms with Crippen LogP contribution in [0.15, 0.2) is 23.1 Å². The molecule has 1 unspecified atom stereocenters. The summed E-state index contributed by atoms with van der Waals surface area (Å²) in [5, 5.41) is 9.41. The standard InChI is InChI=1S/C15H25NO3S2/c1-5-12-7-8-15(9-13(12)10-17)21(18,19)16(3)14(6-2)11-20-4/h7-9,14,17H,5-6,10-11H2,1-4H3. The van der Waals surface area contributed by atoms with Gasteiger partial charge in [0.05, 0.1) is 11.5 Å². The molecule has 1 rings (SSSR count). The van der Waals surface area contributed by atoms with Gasteiger partial charge in [0, 0.05) is 18.8 Å². The normalized spacial score (nSPS) is 13.6. The number of nitrogens with zero attached hydrogens (tertiary/aromatic N) is 1. The van der Waals surface area contributed by atoms with Crippen LogP contribution in [0.3, 0.4) is 0 Å². The first-order valence-corrected chi connectivity index (χ1v) is 9.95. The lowest BCUT2D eigenvalue weighted by Crippen LogP contribution is -2.38. The van der Waals surface area contributed by atoms with Gasteiger partial charge >= 0.3 is 0 Å². The van der Waals surface area contributed by atoms with Crippen molar-refractivity contribution < 1.29 is 13.5 Å². The van der Waals surface area contributed by atoms with Crippen molar-refractivity contribution >= 4 is 21.8 Å². The van der Waals surface area contributed by atoms with Gasteiger partial charge in [0.2, 0.25) is 10.0 Å². The molecule has 120 valence electrons. The molecule has 6 heteroatoms. The van der Waals surface area contributed by atoms with Crippen molar-refractivity contribution in [3.63, 3.8) is 0 Å². The molecule has 0 aliphatic carbocycles. The Labute approximate surface area is 132 Å². The van der Waals surface area contributed by atoms with E-state index in [9.17, 15) is 13.5 Å². The molecule has 0 spiro atoms. The van der Waals surface area contributed by atoms with E-state index < -0.39 is 10.0 Å². The smallest absolute Gasteiger partial charge is 0.243 e. The van der Waals surface area contributed by atoms with E-state index in [0.29, 0.717) is 5.56 Å². The van der Waals surface area contributed by atoms with Gasteiger partial charge in [-0.15, -0.1) is 0 Å². The van der Waals surface area contributed by atoms with Crippen molar-refractivity contribution in [2.45, 2.75) is 44.2 Å². The first-order chi connectivity index (χ1) is 9.92. The molecular weight excluding hydrogens is 306 g/mol. The third-order valence-electron chi connectivity index (χ3n) is 3.75. The molecule has 0 amide bonds. The summed E-state index contributed by atoms with van der Waals surface area (Å²) in [4.78, 5) is 0.255. The van der Waals surface area contributed by atoms with Crippen LogP contribution >= 0.6 is 11.8 Å². The van der Waals surface area contributed by atoms with Crippen molar-refractivity contribution in [1.82, 2.24) is 4.31 Å². The lowest BCUT2D eigenvalue weighted by Gasteiger charge is -2.26. The molecule has 0 aromatic heterocycles. The summed E-state index contributed by atoms with van der Waals surface area (Å²) in [5.41, 5.74) is 1.67. The average Bonchev–Trinajstić information content (AvgIpc) is 2.50. The predicted octanol–water partition coefficient (Wildman–Crippen LogP) is 2.50. The highest BCUT2D eigenvalue weighted by molar-refractivity contribution is 7.98. The Morgan fingerprint density at radius 2 is 1.95 bits per heavy atom. The summed E-state index contributed by atoms with van der Waals surface area (Å²) in [6, 6.07) is 5.00. The van der Waals surface area contributed by atoms with Crippen molar-refractivity contribution in [3.05, 3.63) is 29.3 Å². The maximum absolute atomic E-state index is 12.7. The molecule has 1 aromatic rings. The van der Waals surface area contributed by atoms with Gasteiger partial charge in [-0.3, -0.25) is 0 Å². The number of rotatable bonds is 8. The van der Waals surface area contributed by atoms with Gasteiger partial charge < -0.3 is 5.11 Å². The van der Waals surface area contributed by atoms with E-state index in [0.717, 1.165) is 24.2 Å². The van der Waals surface area contributed by atoms with Crippen LogP contribution in [0, 0.1) is 0 Å². The molecule has 21 heavy (non-hydrogen) atoms. The van der Waals surface area contributed by atoms with Crippen molar-refractivity contribution in [1.29, 1.82) is 0 Å². The Kier molecular flexibility index (Phi) is 7.20. The van der Waals surface area contributed by atoms with Crippen molar-refractivity contribution in [2.24, 2.45) is 0 Å². The van der Waals surface area contributed by atoms with Gasteiger partial charge in [-0.05, 0) is 42.4 Å². The number of benzene rings is 1. The SMILES string of the molecule is CCc1ccc(S(=O)(=O)N(C)C(CC)CSC)cc1CO. The maximum atomic E-state index is 12.7. The summed E-state index contributed by atoms with van der Waals surface area (Å²) in [6.45, 7) is 3.84. The summed E-state index contributed by atoms with van der Waals surface area (Å²) in [6.07, 6.45) is 3.52. The lowest BCUT2D eigenvalue weighted by atomic mass is 10.1. The lowest BCUT2D eigenvalue weighted by molar-refractivity contribution is 0.280. The summed E-state index contributed by atoms with van der Waals surface area (Å²) >= 11 is 1.64. The fourth-order valence-corrected chi connectivity index (χ4v) is 4.71. The van der Waals surface area contributed by atoms with Crippen LogP contribution in [0.25, 0.3) is 0 Å². The molecular formula is C15H25NO3S2. The third-order valence-corrected chi connectivity index (χ3v) is 6.37. The van der Waals surface area contributed by atoms with Gasteiger partial charge in [0.15, 0.2) is 0 Å². The van der Waals surface area contributed by atoms with E-state index in [1.165, 1.54) is 4.31 Å². The molecule has 0 bridgehead atoms. The minimum absolute atomic E-state index is 0.0200. The Morgan fingerprint density at radius 3 is 2.43 bits per heavy atom. The largest absolute Gasteiger partial charge is 0.392 e. The van der Waals surface area contributed by atoms with E-state index >= 15 is 0 Å². The molecule has 1 N–H and O–H groups in total. The Morgan fingerprint density at radius 1 is 1.29 bits per heavy atom. The van der Waals surface area contributed by atoms with E-state index in [4.69, 9.17) is 0 Å². The summed E-state index contributed by atoms with van der Waals surface area (Å²) in [5.74, 6) is 0.770. The first kappa shape index (κ1) is 18.5. The third kappa shape index (κ3) is 4.22. The van der Waals surface area contributed by atoms with E-state index in [1.807, 2.05) is 20.1 Å². The van der Waals surface area contributed by atoms with E-state index in [-0.39, 0.29) is 17.5 Å². The molecule has 0 aliphatic heterocycles. The van der Waals surface area contributed by atoms with Crippen LogP contribution in [0.1, 0.15) is 31.4 Å². The molecule has 1 atom stereocenters. The van der Waals surface area contributed by atoms with Gasteiger partial charge in [-0.1, -0.05) is 19.9 Å². The topological polar surface area (TPSA) is 57.6 Å². The maximum Gasteiger partial charge on any atom is 0.243 e. The van der Waals surface area contributed by atoms with E-state index in [2.05, 4.69) is 0 Å². The molecule has 0 saturated heterocycles. The zero-order valence-corrected chi connectivity index (χ0v) is 14.8. The van der Waals surface area contributed by atoms with Crippen molar-refractivity contribution in [3.8, 4) is 0 Å². The number of aryl methyl sites for hydroxylation is 1. The highest BCUT2D eigenvalue weighted by Crippen LogP contribution is 2.22. The van der Waals surface area contributed by atoms with Crippen LogP contribution in [0.4, 0.5) is 0 Å². The minimum atomic E-state index is -3.52. The van der Waals surface area contributed by atoms with Gasteiger partial charge in [0.1, 0.15) is 0 Å². The van der Waals surface area contributed by atoms with Crippen molar-refractivity contribution in [2.75, 3.05) is 19.1 Å². The Hall–Kier alpha value is -0.560. The highest BCUT2D eigenvalue weighted by atomic mass is 32.2. The second kappa shape index (κ2) is 8.17. The van der Waals surface area contributed by atoms with Crippen LogP contribution in [0.5, 0.6) is 0 Å². The number of thioether (sulfide) groups is 1. The number of hydrogen-bond acceptors (Lipinski definition) is 4. The van der Waals surface area contributed by atoms with Crippen LogP contribution in [-0.2, 0) is 23.1 Å². The second-order valence-electron chi connectivity index (χ2n) is 4.98. The fraction of sp³-hybridized carbons (Fsp3) is 0.600. The Balaban J connectivity index is 3.18. The molecule has 1 aromatic carbocycles. The van der Waals surface area contributed by atoms with Gasteiger partial charge in [-0.25, -0.2) is 8.42 Å². The number of sulfonamides is 1. The predicted molar refractivity (Wildman–Crippen MR) is 89.2 cm³/mol. The average molecular weight is 332 g/mol. The zero-order valence-electron chi connectivity index (χ0n) is 13.2. The number of hydrogen-bond donors (Lipinski definition) is 1. The van der Waals surface area contributed by atoms with Crippen LogP contribution < -0.4 is 0 Å². The molecule has 0 fully saturated rings. The molecule has 4 nitrogen and oxygen atoms in total. The summed E-state index contributed by atoms with van der Waals surface area (Å²) in [7, 11) is -1.89. The number of aliphatic hydroxyl groups is 1. The second-order valence-corrected chi connectivity index (χ2v) is 7.89.